The molecule has 0 atom stereocenters. The second kappa shape index (κ2) is 8.77. The Labute approximate surface area is 102 Å². The highest BCUT2D eigenvalue weighted by atomic mass is 16.5. The lowest BCUT2D eigenvalue weighted by molar-refractivity contribution is 0.0616. The summed E-state index contributed by atoms with van der Waals surface area (Å²) in [5.74, 6) is 5.86. The molecule has 1 rings (SSSR count). The van der Waals surface area contributed by atoms with Crippen LogP contribution in [0.2, 0.25) is 0 Å². The Kier molecular flexibility index (Phi) is 7.08. The molecule has 0 fully saturated rings. The Morgan fingerprint density at radius 3 is 2.59 bits per heavy atom. The number of ether oxygens (including phenoxy) is 2. The van der Waals surface area contributed by atoms with Gasteiger partial charge < -0.3 is 14.6 Å². The van der Waals surface area contributed by atoms with Crippen molar-refractivity contribution in [3.8, 4) is 11.8 Å². The van der Waals surface area contributed by atoms with E-state index in [1.54, 1.807) is 7.11 Å². The van der Waals surface area contributed by atoms with Gasteiger partial charge in [-0.3, -0.25) is 0 Å². The topological polar surface area (TPSA) is 38.7 Å². The molecule has 0 heterocycles. The van der Waals surface area contributed by atoms with Gasteiger partial charge in [-0.15, -0.1) is 0 Å². The van der Waals surface area contributed by atoms with Crippen LogP contribution < -0.4 is 0 Å². The molecule has 0 amide bonds. The van der Waals surface area contributed by atoms with E-state index in [9.17, 15) is 0 Å². The van der Waals surface area contributed by atoms with Gasteiger partial charge in [0.1, 0.15) is 0 Å². The minimum atomic E-state index is 0.110. The summed E-state index contributed by atoms with van der Waals surface area (Å²) >= 11 is 0. The van der Waals surface area contributed by atoms with Crippen molar-refractivity contribution in [1.29, 1.82) is 0 Å². The number of benzene rings is 1. The summed E-state index contributed by atoms with van der Waals surface area (Å²) in [5, 5.41) is 8.60. The molecule has 0 unspecified atom stereocenters. The second-order valence-electron chi connectivity index (χ2n) is 3.52. The average Bonchev–Trinajstić information content (AvgIpc) is 2.37. The number of methoxy groups -OCH3 is 1. The summed E-state index contributed by atoms with van der Waals surface area (Å²) in [6, 6.07) is 7.91. The molecule has 0 aliphatic carbocycles. The smallest absolute Gasteiger partial charge is 0.0718 e. The maximum absolute atomic E-state index is 8.60. The van der Waals surface area contributed by atoms with Crippen LogP contribution in [0.15, 0.2) is 24.3 Å². The van der Waals surface area contributed by atoms with Crippen LogP contribution >= 0.6 is 0 Å². The number of aliphatic hydroxyl groups excluding tert-OH is 1. The first-order valence-corrected chi connectivity index (χ1v) is 5.62. The summed E-state index contributed by atoms with van der Waals surface area (Å²) in [7, 11) is 1.66. The second-order valence-corrected chi connectivity index (χ2v) is 3.52. The molecule has 0 radical (unpaired) electrons. The van der Waals surface area contributed by atoms with Gasteiger partial charge in [0.2, 0.25) is 0 Å². The molecule has 0 spiro atoms. The molecule has 1 aromatic carbocycles. The van der Waals surface area contributed by atoms with Crippen LogP contribution in [0.3, 0.4) is 0 Å². The molecule has 17 heavy (non-hydrogen) atoms. The van der Waals surface area contributed by atoms with Crippen molar-refractivity contribution < 1.29 is 14.6 Å². The van der Waals surface area contributed by atoms with E-state index in [0.717, 1.165) is 11.1 Å². The van der Waals surface area contributed by atoms with E-state index in [1.165, 1.54) is 0 Å². The molecule has 0 aromatic heterocycles. The molecule has 3 nitrogen and oxygen atoms in total. The molecule has 0 aliphatic rings. The van der Waals surface area contributed by atoms with Crippen LogP contribution in [0, 0.1) is 11.8 Å². The third-order valence-corrected chi connectivity index (χ3v) is 2.12. The summed E-state index contributed by atoms with van der Waals surface area (Å²) in [4.78, 5) is 0. The fourth-order valence-electron chi connectivity index (χ4n) is 1.24. The van der Waals surface area contributed by atoms with E-state index in [2.05, 4.69) is 11.8 Å². The van der Waals surface area contributed by atoms with Crippen LogP contribution in [0.25, 0.3) is 0 Å². The Hall–Kier alpha value is -1.34. The van der Waals surface area contributed by atoms with Crippen LogP contribution in [0.4, 0.5) is 0 Å². The first-order valence-electron chi connectivity index (χ1n) is 5.62. The first kappa shape index (κ1) is 13.7. The predicted molar refractivity (Wildman–Crippen MR) is 66.6 cm³/mol. The Bertz CT molecular complexity index is 359. The zero-order valence-electron chi connectivity index (χ0n) is 10.1. The van der Waals surface area contributed by atoms with Crippen molar-refractivity contribution in [3.63, 3.8) is 0 Å². The average molecular weight is 234 g/mol. The maximum Gasteiger partial charge on any atom is 0.0718 e. The van der Waals surface area contributed by atoms with Gasteiger partial charge in [0.15, 0.2) is 0 Å². The number of hydrogen-bond acceptors (Lipinski definition) is 3. The van der Waals surface area contributed by atoms with Gasteiger partial charge in [0, 0.05) is 19.1 Å². The number of hydrogen-bond donors (Lipinski definition) is 1. The highest BCUT2D eigenvalue weighted by Gasteiger charge is 1.93. The third-order valence-electron chi connectivity index (χ3n) is 2.12. The molecule has 0 saturated carbocycles. The maximum atomic E-state index is 8.60. The first-order chi connectivity index (χ1) is 8.36. The van der Waals surface area contributed by atoms with Gasteiger partial charge in [0.05, 0.1) is 26.4 Å². The van der Waals surface area contributed by atoms with Crippen LogP contribution in [-0.4, -0.2) is 32.0 Å². The van der Waals surface area contributed by atoms with E-state index in [0.29, 0.717) is 26.2 Å². The number of rotatable bonds is 6. The van der Waals surface area contributed by atoms with E-state index in [-0.39, 0.29) is 6.61 Å². The van der Waals surface area contributed by atoms with Gasteiger partial charge in [-0.05, 0) is 17.7 Å². The lowest BCUT2D eigenvalue weighted by Gasteiger charge is -2.03. The van der Waals surface area contributed by atoms with Crippen molar-refractivity contribution >= 4 is 0 Å². The van der Waals surface area contributed by atoms with Gasteiger partial charge >= 0.3 is 0 Å². The molecular weight excluding hydrogens is 216 g/mol. The monoisotopic (exact) mass is 234 g/mol. The molecule has 3 heteroatoms. The van der Waals surface area contributed by atoms with Gasteiger partial charge in [-0.1, -0.05) is 24.0 Å². The van der Waals surface area contributed by atoms with E-state index in [1.807, 2.05) is 24.3 Å². The van der Waals surface area contributed by atoms with Gasteiger partial charge in [-0.2, -0.15) is 0 Å². The van der Waals surface area contributed by atoms with Crippen molar-refractivity contribution in [2.45, 2.75) is 13.0 Å². The molecule has 0 bridgehead atoms. The standard InChI is InChI=1S/C14H18O3/c1-16-10-11-17-12-14-7-5-13(6-8-14)4-2-3-9-15/h5-8,15H,3,9-12H2,1H3. The molecule has 92 valence electrons. The number of aliphatic hydroxyl groups is 1. The van der Waals surface area contributed by atoms with E-state index < -0.39 is 0 Å². The lowest BCUT2D eigenvalue weighted by atomic mass is 10.1. The molecular formula is C14H18O3. The van der Waals surface area contributed by atoms with Crippen molar-refractivity contribution in [2.75, 3.05) is 26.9 Å². The van der Waals surface area contributed by atoms with Gasteiger partial charge in [0.25, 0.3) is 0 Å². The third kappa shape index (κ3) is 6.08. The highest BCUT2D eigenvalue weighted by molar-refractivity contribution is 5.35. The normalized spacial score (nSPS) is 9.76. The molecule has 0 aliphatic heterocycles. The zero-order chi connectivity index (χ0) is 12.3. The lowest BCUT2D eigenvalue weighted by Crippen LogP contribution is -2.01. The van der Waals surface area contributed by atoms with Crippen molar-refractivity contribution in [3.05, 3.63) is 35.4 Å². The van der Waals surface area contributed by atoms with Crippen LogP contribution in [0.5, 0.6) is 0 Å². The minimum Gasteiger partial charge on any atom is -0.395 e. The quantitative estimate of drug-likeness (QED) is 0.600. The Morgan fingerprint density at radius 1 is 1.18 bits per heavy atom. The summed E-state index contributed by atoms with van der Waals surface area (Å²) in [5.41, 5.74) is 2.08. The van der Waals surface area contributed by atoms with Crippen LogP contribution in [-0.2, 0) is 16.1 Å². The van der Waals surface area contributed by atoms with Crippen molar-refractivity contribution in [2.24, 2.45) is 0 Å². The Morgan fingerprint density at radius 2 is 1.94 bits per heavy atom. The Balaban J connectivity index is 2.37. The summed E-state index contributed by atoms with van der Waals surface area (Å²) in [6.45, 7) is 1.92. The van der Waals surface area contributed by atoms with Crippen molar-refractivity contribution in [1.82, 2.24) is 0 Å². The summed E-state index contributed by atoms with van der Waals surface area (Å²) < 4.78 is 10.3. The fraction of sp³-hybridized carbons (Fsp3) is 0.429. The minimum absolute atomic E-state index is 0.110. The predicted octanol–water partition coefficient (Wildman–Crippen LogP) is 1.58. The fourth-order valence-corrected chi connectivity index (χ4v) is 1.24. The summed E-state index contributed by atoms with van der Waals surface area (Å²) in [6.07, 6.45) is 0.516. The highest BCUT2D eigenvalue weighted by Crippen LogP contribution is 2.04. The SMILES string of the molecule is COCCOCc1ccc(C#CCCO)cc1. The van der Waals surface area contributed by atoms with Gasteiger partial charge in [-0.25, -0.2) is 0 Å². The van der Waals surface area contributed by atoms with E-state index in [4.69, 9.17) is 14.6 Å². The molecule has 1 N–H and O–H groups in total. The largest absolute Gasteiger partial charge is 0.395 e. The zero-order valence-corrected chi connectivity index (χ0v) is 10.1. The van der Waals surface area contributed by atoms with E-state index >= 15 is 0 Å². The van der Waals surface area contributed by atoms with Crippen LogP contribution in [0.1, 0.15) is 17.5 Å². The molecule has 1 aromatic rings. The molecule has 0 saturated heterocycles.